The SMILES string of the molecule is O=C(CN1CCN(S(=O)(=O)Cc2ccccc2)CC1)N1CCc2ccccc2C1. The molecular weight excluding hydrogens is 386 g/mol. The Bertz CT molecular complexity index is 954. The van der Waals surface area contributed by atoms with E-state index in [1.807, 2.05) is 47.4 Å². The molecule has 1 fully saturated rings. The zero-order valence-corrected chi connectivity index (χ0v) is 17.4. The monoisotopic (exact) mass is 413 g/mol. The molecule has 0 radical (unpaired) electrons. The molecule has 29 heavy (non-hydrogen) atoms. The van der Waals surface area contributed by atoms with Gasteiger partial charge in [-0.25, -0.2) is 8.42 Å². The fraction of sp³-hybridized carbons (Fsp3) is 0.409. The summed E-state index contributed by atoms with van der Waals surface area (Å²) in [5.41, 5.74) is 3.35. The summed E-state index contributed by atoms with van der Waals surface area (Å²) < 4.78 is 26.9. The first kappa shape index (κ1) is 20.1. The standard InChI is InChI=1S/C22H27N3O3S/c26-22(24-11-10-20-8-4-5-9-21(20)16-24)17-23-12-14-25(15-13-23)29(27,28)18-19-6-2-1-3-7-19/h1-9H,10-18H2. The van der Waals surface area contributed by atoms with Crippen molar-refractivity contribution in [1.29, 1.82) is 0 Å². The molecule has 7 heteroatoms. The second kappa shape index (κ2) is 8.65. The fourth-order valence-corrected chi connectivity index (χ4v) is 5.56. The van der Waals surface area contributed by atoms with Crippen molar-refractivity contribution in [3.63, 3.8) is 0 Å². The van der Waals surface area contributed by atoms with Gasteiger partial charge in [0.15, 0.2) is 0 Å². The number of nitrogens with zero attached hydrogens (tertiary/aromatic N) is 3. The Labute approximate surface area is 172 Å². The van der Waals surface area contributed by atoms with Crippen LogP contribution in [0.5, 0.6) is 0 Å². The lowest BCUT2D eigenvalue weighted by atomic mass is 10.00. The maximum absolute atomic E-state index is 12.7. The summed E-state index contributed by atoms with van der Waals surface area (Å²) >= 11 is 0. The summed E-state index contributed by atoms with van der Waals surface area (Å²) in [6.45, 7) is 3.82. The summed E-state index contributed by atoms with van der Waals surface area (Å²) in [5, 5.41) is 0. The lowest BCUT2D eigenvalue weighted by Gasteiger charge is -2.35. The van der Waals surface area contributed by atoms with Gasteiger partial charge in [0.1, 0.15) is 0 Å². The molecule has 2 aliphatic rings. The molecule has 1 amide bonds. The Kier molecular flexibility index (Phi) is 5.99. The second-order valence-electron chi connectivity index (χ2n) is 7.75. The largest absolute Gasteiger partial charge is 0.337 e. The fourth-order valence-electron chi connectivity index (χ4n) is 4.04. The van der Waals surface area contributed by atoms with Gasteiger partial charge in [0.2, 0.25) is 15.9 Å². The summed E-state index contributed by atoms with van der Waals surface area (Å²) in [4.78, 5) is 16.7. The highest BCUT2D eigenvalue weighted by molar-refractivity contribution is 7.88. The van der Waals surface area contributed by atoms with Crippen LogP contribution in [-0.4, -0.2) is 67.7 Å². The molecule has 2 heterocycles. The summed E-state index contributed by atoms with van der Waals surface area (Å²) in [7, 11) is -3.33. The highest BCUT2D eigenvalue weighted by Gasteiger charge is 2.29. The van der Waals surface area contributed by atoms with E-state index in [0.29, 0.717) is 39.3 Å². The topological polar surface area (TPSA) is 60.9 Å². The van der Waals surface area contributed by atoms with Crippen LogP contribution in [0.1, 0.15) is 16.7 Å². The molecule has 0 saturated carbocycles. The summed E-state index contributed by atoms with van der Waals surface area (Å²) in [5.74, 6) is 0.153. The number of carbonyl (C=O) groups is 1. The highest BCUT2D eigenvalue weighted by Crippen LogP contribution is 2.19. The first-order valence-electron chi connectivity index (χ1n) is 10.1. The number of carbonyl (C=O) groups excluding carboxylic acids is 1. The molecule has 2 aromatic carbocycles. The van der Waals surface area contributed by atoms with Gasteiger partial charge in [0.05, 0.1) is 12.3 Å². The van der Waals surface area contributed by atoms with Gasteiger partial charge >= 0.3 is 0 Å². The van der Waals surface area contributed by atoms with Gasteiger partial charge in [-0.1, -0.05) is 54.6 Å². The zero-order valence-electron chi connectivity index (χ0n) is 16.5. The van der Waals surface area contributed by atoms with Crippen LogP contribution in [0, 0.1) is 0 Å². The van der Waals surface area contributed by atoms with E-state index in [9.17, 15) is 13.2 Å². The van der Waals surface area contributed by atoms with Crippen LogP contribution in [0.4, 0.5) is 0 Å². The van der Waals surface area contributed by atoms with Gasteiger partial charge in [0, 0.05) is 39.3 Å². The minimum Gasteiger partial charge on any atom is -0.337 e. The lowest BCUT2D eigenvalue weighted by Crippen LogP contribution is -2.52. The van der Waals surface area contributed by atoms with Crippen LogP contribution in [-0.2, 0) is 33.5 Å². The summed E-state index contributed by atoms with van der Waals surface area (Å²) in [6, 6.07) is 17.5. The first-order valence-corrected chi connectivity index (χ1v) is 11.7. The maximum atomic E-state index is 12.7. The van der Waals surface area contributed by atoms with Gasteiger partial charge in [-0.3, -0.25) is 9.69 Å². The number of amides is 1. The molecule has 4 rings (SSSR count). The maximum Gasteiger partial charge on any atom is 0.237 e. The van der Waals surface area contributed by atoms with E-state index < -0.39 is 10.0 Å². The Hall–Kier alpha value is -2.22. The van der Waals surface area contributed by atoms with Gasteiger partial charge in [-0.05, 0) is 23.1 Å². The average Bonchev–Trinajstić information content (AvgIpc) is 2.74. The summed E-state index contributed by atoms with van der Waals surface area (Å²) in [6.07, 6.45) is 0.896. The number of fused-ring (bicyclic) bond motifs is 1. The minimum absolute atomic E-state index is 0.0277. The third-order valence-corrected chi connectivity index (χ3v) is 7.61. The predicted molar refractivity (Wildman–Crippen MR) is 113 cm³/mol. The van der Waals surface area contributed by atoms with Crippen LogP contribution >= 0.6 is 0 Å². The van der Waals surface area contributed by atoms with Gasteiger partial charge in [-0.2, -0.15) is 4.31 Å². The van der Waals surface area contributed by atoms with Crippen LogP contribution in [0.15, 0.2) is 54.6 Å². The molecule has 154 valence electrons. The first-order chi connectivity index (χ1) is 14.0. The van der Waals surface area contributed by atoms with Crippen LogP contribution in [0.2, 0.25) is 0 Å². The molecule has 0 spiro atoms. The normalized spacial score (nSPS) is 18.4. The minimum atomic E-state index is -3.33. The second-order valence-corrected chi connectivity index (χ2v) is 9.72. The molecule has 0 aliphatic carbocycles. The molecule has 0 aromatic heterocycles. The Morgan fingerprint density at radius 1 is 0.828 bits per heavy atom. The Morgan fingerprint density at radius 3 is 2.21 bits per heavy atom. The van der Waals surface area contributed by atoms with E-state index in [1.165, 1.54) is 11.1 Å². The van der Waals surface area contributed by atoms with Crippen LogP contribution < -0.4 is 0 Å². The number of hydrogen-bond acceptors (Lipinski definition) is 4. The lowest BCUT2D eigenvalue weighted by molar-refractivity contribution is -0.133. The number of piperazine rings is 1. The number of hydrogen-bond donors (Lipinski definition) is 0. The van der Waals surface area contributed by atoms with Crippen molar-refractivity contribution < 1.29 is 13.2 Å². The van der Waals surface area contributed by atoms with Crippen molar-refractivity contribution in [2.75, 3.05) is 39.3 Å². The van der Waals surface area contributed by atoms with E-state index in [-0.39, 0.29) is 11.7 Å². The van der Waals surface area contributed by atoms with Crippen molar-refractivity contribution in [3.8, 4) is 0 Å². The van der Waals surface area contributed by atoms with Crippen molar-refractivity contribution in [1.82, 2.24) is 14.1 Å². The van der Waals surface area contributed by atoms with E-state index >= 15 is 0 Å². The molecule has 0 atom stereocenters. The zero-order chi connectivity index (χ0) is 20.3. The van der Waals surface area contributed by atoms with Crippen LogP contribution in [0.3, 0.4) is 0 Å². The third-order valence-electron chi connectivity index (χ3n) is 5.76. The quantitative estimate of drug-likeness (QED) is 0.749. The Morgan fingerprint density at radius 2 is 1.48 bits per heavy atom. The molecule has 0 unspecified atom stereocenters. The Balaban J connectivity index is 1.28. The molecule has 2 aliphatic heterocycles. The number of sulfonamides is 1. The molecule has 1 saturated heterocycles. The predicted octanol–water partition coefficient (Wildman–Crippen LogP) is 1.72. The molecule has 2 aromatic rings. The van der Waals surface area contributed by atoms with E-state index in [4.69, 9.17) is 0 Å². The smallest absolute Gasteiger partial charge is 0.237 e. The van der Waals surface area contributed by atoms with E-state index in [2.05, 4.69) is 17.0 Å². The van der Waals surface area contributed by atoms with Crippen LogP contribution in [0.25, 0.3) is 0 Å². The molecular formula is C22H27N3O3S. The third kappa shape index (κ3) is 4.86. The van der Waals surface area contributed by atoms with E-state index in [0.717, 1.165) is 18.5 Å². The molecule has 6 nitrogen and oxygen atoms in total. The van der Waals surface area contributed by atoms with E-state index in [1.54, 1.807) is 4.31 Å². The number of rotatable bonds is 5. The van der Waals surface area contributed by atoms with Crippen molar-refractivity contribution >= 4 is 15.9 Å². The highest BCUT2D eigenvalue weighted by atomic mass is 32.2. The molecule has 0 N–H and O–H groups in total. The molecule has 0 bridgehead atoms. The van der Waals surface area contributed by atoms with Crippen molar-refractivity contribution in [2.45, 2.75) is 18.7 Å². The van der Waals surface area contributed by atoms with Gasteiger partial charge in [0.25, 0.3) is 0 Å². The van der Waals surface area contributed by atoms with Crippen molar-refractivity contribution in [3.05, 3.63) is 71.3 Å². The van der Waals surface area contributed by atoms with Crippen molar-refractivity contribution in [2.24, 2.45) is 0 Å². The van der Waals surface area contributed by atoms with Gasteiger partial charge in [-0.15, -0.1) is 0 Å². The average molecular weight is 414 g/mol. The van der Waals surface area contributed by atoms with Gasteiger partial charge < -0.3 is 4.90 Å². The number of benzene rings is 2.